The number of hydrogen-bond acceptors (Lipinski definition) is 4. The van der Waals surface area contributed by atoms with Gasteiger partial charge in [0.2, 0.25) is 5.91 Å². The van der Waals surface area contributed by atoms with Gasteiger partial charge in [-0.15, -0.1) is 12.4 Å². The molecule has 0 fully saturated rings. The summed E-state index contributed by atoms with van der Waals surface area (Å²) in [7, 11) is 1.54. The molecule has 6 heteroatoms. The molecule has 4 nitrogen and oxygen atoms in total. The standard InChI is InChI=1S/C15H18N2O2S.ClH/c1-19-10-14(16)15(18)17(9-12-7-8-20-11-12)13-5-3-2-4-6-13;/h2-8,11,14H,9-10,16H2,1H3;1H. The third kappa shape index (κ3) is 4.82. The molecule has 0 saturated heterocycles. The minimum Gasteiger partial charge on any atom is -0.383 e. The Bertz CT molecular complexity index is 534. The van der Waals surface area contributed by atoms with E-state index in [0.29, 0.717) is 6.54 Å². The average Bonchev–Trinajstić information content (AvgIpc) is 2.98. The number of hydrogen-bond donors (Lipinski definition) is 1. The summed E-state index contributed by atoms with van der Waals surface area (Å²) in [5, 5.41) is 4.03. The maximum atomic E-state index is 12.5. The van der Waals surface area contributed by atoms with Crippen molar-refractivity contribution in [2.75, 3.05) is 18.6 Å². The van der Waals surface area contributed by atoms with E-state index in [4.69, 9.17) is 10.5 Å². The molecule has 2 aromatic rings. The smallest absolute Gasteiger partial charge is 0.246 e. The van der Waals surface area contributed by atoms with Gasteiger partial charge in [-0.05, 0) is 34.5 Å². The Hall–Kier alpha value is -1.40. The van der Waals surface area contributed by atoms with Crippen molar-refractivity contribution in [1.82, 2.24) is 0 Å². The van der Waals surface area contributed by atoms with Gasteiger partial charge in [0.1, 0.15) is 6.04 Å². The molecule has 0 bridgehead atoms. The number of methoxy groups -OCH3 is 1. The minimum atomic E-state index is -0.654. The van der Waals surface area contributed by atoms with Gasteiger partial charge in [0.15, 0.2) is 0 Å². The quantitative estimate of drug-likeness (QED) is 0.888. The zero-order chi connectivity index (χ0) is 14.4. The van der Waals surface area contributed by atoms with Crippen molar-refractivity contribution in [2.45, 2.75) is 12.6 Å². The van der Waals surface area contributed by atoms with E-state index >= 15 is 0 Å². The molecule has 0 radical (unpaired) electrons. The van der Waals surface area contributed by atoms with Crippen LogP contribution >= 0.6 is 23.7 Å². The fourth-order valence-corrected chi connectivity index (χ4v) is 2.58. The van der Waals surface area contributed by atoms with E-state index < -0.39 is 6.04 Å². The average molecular weight is 327 g/mol. The number of anilines is 1. The van der Waals surface area contributed by atoms with Gasteiger partial charge in [-0.25, -0.2) is 0 Å². The zero-order valence-corrected chi connectivity index (χ0v) is 13.4. The maximum absolute atomic E-state index is 12.5. The number of carbonyl (C=O) groups excluding carboxylic acids is 1. The second-order valence-corrected chi connectivity index (χ2v) is 5.23. The molecule has 2 rings (SSSR count). The first-order valence-corrected chi connectivity index (χ1v) is 7.28. The predicted molar refractivity (Wildman–Crippen MR) is 89.1 cm³/mol. The Balaban J connectivity index is 0.00000220. The number of ether oxygens (including phenoxy) is 1. The molecule has 1 unspecified atom stereocenters. The highest BCUT2D eigenvalue weighted by atomic mass is 35.5. The molecule has 1 amide bonds. The SMILES string of the molecule is COCC(N)C(=O)N(Cc1ccsc1)c1ccccc1.Cl. The van der Waals surface area contributed by atoms with Crippen LogP contribution in [0.5, 0.6) is 0 Å². The second-order valence-electron chi connectivity index (χ2n) is 4.45. The second kappa shape index (κ2) is 8.79. The lowest BCUT2D eigenvalue weighted by Gasteiger charge is -2.25. The van der Waals surface area contributed by atoms with Crippen LogP contribution in [0.4, 0.5) is 5.69 Å². The highest BCUT2D eigenvalue weighted by molar-refractivity contribution is 7.07. The van der Waals surface area contributed by atoms with Gasteiger partial charge in [0.05, 0.1) is 13.2 Å². The maximum Gasteiger partial charge on any atom is 0.246 e. The van der Waals surface area contributed by atoms with Gasteiger partial charge in [-0.1, -0.05) is 18.2 Å². The van der Waals surface area contributed by atoms with Crippen molar-refractivity contribution in [2.24, 2.45) is 5.73 Å². The Kier molecular flexibility index (Phi) is 7.39. The summed E-state index contributed by atoms with van der Waals surface area (Å²) in [5.74, 6) is -0.135. The summed E-state index contributed by atoms with van der Waals surface area (Å²) in [5.41, 5.74) is 7.82. The highest BCUT2D eigenvalue weighted by Crippen LogP contribution is 2.19. The molecule has 1 aromatic carbocycles. The molecule has 21 heavy (non-hydrogen) atoms. The Morgan fingerprint density at radius 3 is 2.62 bits per heavy atom. The summed E-state index contributed by atoms with van der Waals surface area (Å²) in [6.07, 6.45) is 0. The molecule has 114 valence electrons. The highest BCUT2D eigenvalue weighted by Gasteiger charge is 2.22. The summed E-state index contributed by atoms with van der Waals surface area (Å²) >= 11 is 1.61. The molecule has 0 spiro atoms. The number of carbonyl (C=O) groups is 1. The van der Waals surface area contributed by atoms with Crippen molar-refractivity contribution >= 4 is 35.3 Å². The van der Waals surface area contributed by atoms with Crippen LogP contribution < -0.4 is 10.6 Å². The van der Waals surface area contributed by atoms with Crippen molar-refractivity contribution in [3.63, 3.8) is 0 Å². The molecular formula is C15H19ClN2O2S. The van der Waals surface area contributed by atoms with Gasteiger partial charge in [-0.3, -0.25) is 4.79 Å². The molecular weight excluding hydrogens is 308 g/mol. The lowest BCUT2D eigenvalue weighted by molar-refractivity contribution is -0.121. The van der Waals surface area contributed by atoms with Gasteiger partial charge in [0, 0.05) is 12.8 Å². The summed E-state index contributed by atoms with van der Waals surface area (Å²) in [6.45, 7) is 0.732. The minimum absolute atomic E-state index is 0. The fraction of sp³-hybridized carbons (Fsp3) is 0.267. The van der Waals surface area contributed by atoms with E-state index in [2.05, 4.69) is 0 Å². The van der Waals surface area contributed by atoms with Crippen molar-refractivity contribution in [3.05, 3.63) is 52.7 Å². The summed E-state index contributed by atoms with van der Waals surface area (Å²) in [6, 6.07) is 10.9. The number of para-hydroxylation sites is 1. The lowest BCUT2D eigenvalue weighted by atomic mass is 10.2. The van der Waals surface area contributed by atoms with E-state index in [-0.39, 0.29) is 24.9 Å². The van der Waals surface area contributed by atoms with E-state index in [9.17, 15) is 4.79 Å². The number of benzene rings is 1. The van der Waals surface area contributed by atoms with E-state index in [1.165, 1.54) is 0 Å². The normalized spacial score (nSPS) is 11.5. The fourth-order valence-electron chi connectivity index (χ4n) is 1.92. The van der Waals surface area contributed by atoms with Gasteiger partial charge < -0.3 is 15.4 Å². The number of halogens is 1. The molecule has 0 saturated carbocycles. The summed E-state index contributed by atoms with van der Waals surface area (Å²) < 4.78 is 4.98. The monoisotopic (exact) mass is 326 g/mol. The van der Waals surface area contributed by atoms with Gasteiger partial charge >= 0.3 is 0 Å². The Labute approximate surface area is 134 Å². The Morgan fingerprint density at radius 1 is 1.33 bits per heavy atom. The largest absolute Gasteiger partial charge is 0.383 e. The van der Waals surface area contributed by atoms with Crippen LogP contribution in [-0.4, -0.2) is 25.7 Å². The number of amides is 1. The number of nitrogens with zero attached hydrogens (tertiary/aromatic N) is 1. The molecule has 1 aromatic heterocycles. The van der Waals surface area contributed by atoms with Crippen LogP contribution in [0.1, 0.15) is 5.56 Å². The van der Waals surface area contributed by atoms with Crippen LogP contribution in [0.15, 0.2) is 47.2 Å². The van der Waals surface area contributed by atoms with Crippen LogP contribution in [0.2, 0.25) is 0 Å². The molecule has 0 aliphatic rings. The van der Waals surface area contributed by atoms with Crippen molar-refractivity contribution in [3.8, 4) is 0 Å². The number of nitrogens with two attached hydrogens (primary N) is 1. The third-order valence-electron chi connectivity index (χ3n) is 2.92. The topological polar surface area (TPSA) is 55.6 Å². The van der Waals surface area contributed by atoms with Crippen LogP contribution in [0.25, 0.3) is 0 Å². The molecule has 2 N–H and O–H groups in total. The van der Waals surface area contributed by atoms with Crippen molar-refractivity contribution in [1.29, 1.82) is 0 Å². The summed E-state index contributed by atoms with van der Waals surface area (Å²) in [4.78, 5) is 14.2. The number of rotatable bonds is 6. The molecule has 0 aliphatic heterocycles. The van der Waals surface area contributed by atoms with Gasteiger partial charge in [-0.2, -0.15) is 11.3 Å². The zero-order valence-electron chi connectivity index (χ0n) is 11.8. The first-order chi connectivity index (χ1) is 9.72. The molecule has 1 heterocycles. The lowest BCUT2D eigenvalue weighted by Crippen LogP contribution is -2.46. The van der Waals surface area contributed by atoms with Crippen LogP contribution in [0.3, 0.4) is 0 Å². The first kappa shape index (κ1) is 17.7. The Morgan fingerprint density at radius 2 is 2.05 bits per heavy atom. The van der Waals surface area contributed by atoms with Crippen LogP contribution in [-0.2, 0) is 16.1 Å². The van der Waals surface area contributed by atoms with E-state index in [0.717, 1.165) is 11.3 Å². The predicted octanol–water partition coefficient (Wildman–Crippen LogP) is 2.68. The third-order valence-corrected chi connectivity index (χ3v) is 3.65. The van der Waals surface area contributed by atoms with Crippen molar-refractivity contribution < 1.29 is 9.53 Å². The molecule has 0 aliphatic carbocycles. The van der Waals surface area contributed by atoms with Gasteiger partial charge in [0.25, 0.3) is 0 Å². The van der Waals surface area contributed by atoms with E-state index in [1.807, 2.05) is 47.2 Å². The van der Waals surface area contributed by atoms with Crippen LogP contribution in [0, 0.1) is 0 Å². The van der Waals surface area contributed by atoms with E-state index in [1.54, 1.807) is 23.3 Å². The first-order valence-electron chi connectivity index (χ1n) is 6.34. The molecule has 1 atom stereocenters. The number of thiophene rings is 1.